The molecule has 0 aromatic heterocycles. The third-order valence-electron chi connectivity index (χ3n) is 2.26. The van der Waals surface area contributed by atoms with E-state index in [9.17, 15) is 9.59 Å². The van der Waals surface area contributed by atoms with Crippen LogP contribution in [0.1, 0.15) is 43.6 Å². The van der Waals surface area contributed by atoms with E-state index in [1.807, 2.05) is 6.07 Å². The molecule has 0 fully saturated rings. The van der Waals surface area contributed by atoms with Gasteiger partial charge in [0, 0.05) is 6.92 Å². The highest BCUT2D eigenvalue weighted by molar-refractivity contribution is 5.82. The van der Waals surface area contributed by atoms with Crippen molar-refractivity contribution in [2.45, 2.75) is 33.1 Å². The van der Waals surface area contributed by atoms with Gasteiger partial charge in [-0.2, -0.15) is 0 Å². The molecule has 0 saturated heterocycles. The number of aldehydes is 1. The van der Waals surface area contributed by atoms with Crippen molar-refractivity contribution in [3.05, 3.63) is 29.3 Å². The molecule has 0 radical (unpaired) electrons. The van der Waals surface area contributed by atoms with Crippen molar-refractivity contribution >= 4 is 12.3 Å². The van der Waals surface area contributed by atoms with Crippen LogP contribution in [0.15, 0.2) is 18.2 Å². The van der Waals surface area contributed by atoms with Gasteiger partial charge >= 0.3 is 5.97 Å². The lowest BCUT2D eigenvalue weighted by atomic mass is 9.86. The van der Waals surface area contributed by atoms with Gasteiger partial charge in [0.2, 0.25) is 0 Å². The summed E-state index contributed by atoms with van der Waals surface area (Å²) in [6, 6.07) is 5.28. The van der Waals surface area contributed by atoms with Crippen LogP contribution in [0, 0.1) is 0 Å². The standard InChI is InChI=1S/C13H16O3/c1-9(15)16-12-6-5-11(13(2,3)4)7-10(12)8-14/h5-8H,1-4H3. The van der Waals surface area contributed by atoms with Crippen LogP contribution >= 0.6 is 0 Å². The number of hydrogen-bond acceptors (Lipinski definition) is 3. The molecule has 86 valence electrons. The van der Waals surface area contributed by atoms with Gasteiger partial charge in [-0.05, 0) is 23.1 Å². The van der Waals surface area contributed by atoms with Gasteiger partial charge in [0.25, 0.3) is 0 Å². The zero-order valence-corrected chi connectivity index (χ0v) is 10.0. The molecule has 0 aliphatic heterocycles. The minimum absolute atomic E-state index is 0.0352. The first-order valence-electron chi connectivity index (χ1n) is 5.12. The van der Waals surface area contributed by atoms with Gasteiger partial charge < -0.3 is 4.74 Å². The monoisotopic (exact) mass is 220 g/mol. The summed E-state index contributed by atoms with van der Waals surface area (Å²) in [5, 5.41) is 0. The second kappa shape index (κ2) is 4.47. The van der Waals surface area contributed by atoms with Crippen LogP contribution in [-0.2, 0) is 10.2 Å². The molecule has 0 aliphatic carbocycles. The Balaban J connectivity index is 3.17. The first-order chi connectivity index (χ1) is 7.34. The van der Waals surface area contributed by atoms with Crippen LogP contribution < -0.4 is 4.74 Å². The van der Waals surface area contributed by atoms with Crippen molar-refractivity contribution in [2.75, 3.05) is 0 Å². The molecule has 1 aromatic carbocycles. The Labute approximate surface area is 95.4 Å². The molecule has 0 aliphatic rings. The van der Waals surface area contributed by atoms with E-state index in [0.717, 1.165) is 5.56 Å². The summed E-state index contributed by atoms with van der Waals surface area (Å²) in [6.45, 7) is 7.49. The van der Waals surface area contributed by atoms with Gasteiger partial charge in [-0.1, -0.05) is 26.8 Å². The Morgan fingerprint density at radius 3 is 2.38 bits per heavy atom. The third-order valence-corrected chi connectivity index (χ3v) is 2.26. The summed E-state index contributed by atoms with van der Waals surface area (Å²) >= 11 is 0. The second-order valence-corrected chi connectivity index (χ2v) is 4.71. The van der Waals surface area contributed by atoms with E-state index >= 15 is 0 Å². The highest BCUT2D eigenvalue weighted by atomic mass is 16.5. The van der Waals surface area contributed by atoms with E-state index in [-0.39, 0.29) is 5.41 Å². The zero-order valence-electron chi connectivity index (χ0n) is 10.0. The van der Waals surface area contributed by atoms with Gasteiger partial charge in [0.1, 0.15) is 5.75 Å². The normalized spacial score (nSPS) is 11.0. The quantitative estimate of drug-likeness (QED) is 0.437. The molecule has 0 atom stereocenters. The van der Waals surface area contributed by atoms with Crippen molar-refractivity contribution < 1.29 is 14.3 Å². The molecule has 0 bridgehead atoms. The van der Waals surface area contributed by atoms with E-state index in [1.165, 1.54) is 6.92 Å². The fraction of sp³-hybridized carbons (Fsp3) is 0.385. The summed E-state index contributed by atoms with van der Waals surface area (Å²) in [4.78, 5) is 21.7. The van der Waals surface area contributed by atoms with Gasteiger partial charge in [0.05, 0.1) is 5.56 Å². The van der Waals surface area contributed by atoms with Crippen molar-refractivity contribution in [3.8, 4) is 5.75 Å². The molecule has 1 aromatic rings. The number of rotatable bonds is 2. The molecule has 0 amide bonds. The predicted molar refractivity (Wildman–Crippen MR) is 61.8 cm³/mol. The molecule has 3 nitrogen and oxygen atoms in total. The zero-order chi connectivity index (χ0) is 12.3. The lowest BCUT2D eigenvalue weighted by molar-refractivity contribution is -0.131. The van der Waals surface area contributed by atoms with E-state index in [2.05, 4.69) is 20.8 Å². The van der Waals surface area contributed by atoms with Crippen LogP contribution in [0.5, 0.6) is 5.75 Å². The first-order valence-corrected chi connectivity index (χ1v) is 5.12. The first kappa shape index (κ1) is 12.4. The molecule has 3 heteroatoms. The van der Waals surface area contributed by atoms with Crippen molar-refractivity contribution in [2.24, 2.45) is 0 Å². The maximum Gasteiger partial charge on any atom is 0.308 e. The van der Waals surface area contributed by atoms with E-state index < -0.39 is 5.97 Å². The summed E-state index contributed by atoms with van der Waals surface area (Å²) in [5.41, 5.74) is 1.40. The van der Waals surface area contributed by atoms with Crippen LogP contribution in [-0.4, -0.2) is 12.3 Å². The number of carbonyl (C=O) groups is 2. The molecule has 0 saturated carbocycles. The third kappa shape index (κ3) is 2.92. The number of ether oxygens (including phenoxy) is 1. The van der Waals surface area contributed by atoms with Gasteiger partial charge in [0.15, 0.2) is 6.29 Å². The Kier molecular flexibility index (Phi) is 3.48. The van der Waals surface area contributed by atoms with Gasteiger partial charge in [-0.15, -0.1) is 0 Å². The lowest BCUT2D eigenvalue weighted by Crippen LogP contribution is -2.12. The topological polar surface area (TPSA) is 43.4 Å². The van der Waals surface area contributed by atoms with Crippen molar-refractivity contribution in [3.63, 3.8) is 0 Å². The lowest BCUT2D eigenvalue weighted by Gasteiger charge is -2.19. The largest absolute Gasteiger partial charge is 0.426 e. The number of carbonyl (C=O) groups excluding carboxylic acids is 2. The van der Waals surface area contributed by atoms with Crippen LogP contribution in [0.25, 0.3) is 0 Å². The van der Waals surface area contributed by atoms with Crippen LogP contribution in [0.2, 0.25) is 0 Å². The fourth-order valence-electron chi connectivity index (χ4n) is 1.35. The second-order valence-electron chi connectivity index (χ2n) is 4.71. The average molecular weight is 220 g/mol. The van der Waals surface area contributed by atoms with Gasteiger partial charge in [-0.25, -0.2) is 0 Å². The highest BCUT2D eigenvalue weighted by Gasteiger charge is 2.16. The van der Waals surface area contributed by atoms with E-state index in [0.29, 0.717) is 17.6 Å². The summed E-state index contributed by atoms with van der Waals surface area (Å²) in [5.74, 6) is -0.109. The molecule has 16 heavy (non-hydrogen) atoms. The summed E-state index contributed by atoms with van der Waals surface area (Å²) in [7, 11) is 0. The Morgan fingerprint density at radius 2 is 1.94 bits per heavy atom. The SMILES string of the molecule is CC(=O)Oc1ccc(C(C)(C)C)cc1C=O. The molecule has 0 unspecified atom stereocenters. The van der Waals surface area contributed by atoms with E-state index in [1.54, 1.807) is 12.1 Å². The van der Waals surface area contributed by atoms with Crippen LogP contribution in [0.4, 0.5) is 0 Å². The highest BCUT2D eigenvalue weighted by Crippen LogP contribution is 2.27. The molecule has 1 rings (SSSR count). The maximum absolute atomic E-state index is 10.9. The summed E-state index contributed by atoms with van der Waals surface area (Å²) in [6.07, 6.45) is 0.702. The Bertz CT molecular complexity index is 414. The predicted octanol–water partition coefficient (Wildman–Crippen LogP) is 2.72. The fourth-order valence-corrected chi connectivity index (χ4v) is 1.35. The molecule has 0 N–H and O–H groups in total. The Morgan fingerprint density at radius 1 is 1.31 bits per heavy atom. The molecule has 0 spiro atoms. The molecular weight excluding hydrogens is 204 g/mol. The molecular formula is C13H16O3. The minimum Gasteiger partial charge on any atom is -0.426 e. The number of esters is 1. The van der Waals surface area contributed by atoms with E-state index in [4.69, 9.17) is 4.74 Å². The minimum atomic E-state index is -0.424. The Hall–Kier alpha value is -1.64. The smallest absolute Gasteiger partial charge is 0.308 e. The molecule has 0 heterocycles. The number of benzene rings is 1. The summed E-state index contributed by atoms with van der Waals surface area (Å²) < 4.78 is 4.93. The maximum atomic E-state index is 10.9. The van der Waals surface area contributed by atoms with Crippen molar-refractivity contribution in [1.29, 1.82) is 0 Å². The average Bonchev–Trinajstić information content (AvgIpc) is 2.15. The van der Waals surface area contributed by atoms with Crippen molar-refractivity contribution in [1.82, 2.24) is 0 Å². The number of hydrogen-bond donors (Lipinski definition) is 0. The van der Waals surface area contributed by atoms with Crippen LogP contribution in [0.3, 0.4) is 0 Å². The van der Waals surface area contributed by atoms with Gasteiger partial charge in [-0.3, -0.25) is 9.59 Å².